The number of hydrogen-bond acceptors (Lipinski definition) is 6. The van der Waals surface area contributed by atoms with Crippen LogP contribution in [-0.2, 0) is 15.9 Å². The lowest BCUT2D eigenvalue weighted by Crippen LogP contribution is -2.22. The van der Waals surface area contributed by atoms with Gasteiger partial charge in [0.05, 0.1) is 42.8 Å². The van der Waals surface area contributed by atoms with Crippen LogP contribution < -0.4 is 5.32 Å². The topological polar surface area (TPSA) is 105 Å². The van der Waals surface area contributed by atoms with E-state index >= 15 is 0 Å². The molecule has 3 heterocycles. The van der Waals surface area contributed by atoms with Crippen molar-refractivity contribution in [1.29, 1.82) is 0 Å². The second-order valence-corrected chi connectivity index (χ2v) is 8.22. The van der Waals surface area contributed by atoms with Gasteiger partial charge in [0.15, 0.2) is 10.5 Å². The Labute approximate surface area is 165 Å². The highest BCUT2D eigenvalue weighted by Crippen LogP contribution is 2.30. The van der Waals surface area contributed by atoms with Gasteiger partial charge in [-0.25, -0.2) is 14.5 Å². The predicted octanol–water partition coefficient (Wildman–Crippen LogP) is 3.29. The first-order chi connectivity index (χ1) is 13.6. The van der Waals surface area contributed by atoms with Gasteiger partial charge in [0.1, 0.15) is 5.75 Å². The molecule has 0 saturated heterocycles. The van der Waals surface area contributed by atoms with E-state index in [0.29, 0.717) is 28.7 Å². The molecule has 3 aromatic heterocycles. The predicted molar refractivity (Wildman–Crippen MR) is 106 cm³/mol. The summed E-state index contributed by atoms with van der Waals surface area (Å²) in [6.45, 7) is 2.03. The van der Waals surface area contributed by atoms with Crippen LogP contribution in [-0.4, -0.2) is 42.8 Å². The van der Waals surface area contributed by atoms with Crippen LogP contribution in [0.2, 0.25) is 0 Å². The Hall–Kier alpha value is -2.65. The first-order valence-electron chi connectivity index (χ1n) is 9.25. The molecule has 1 aliphatic rings. The Bertz CT molecular complexity index is 989. The summed E-state index contributed by atoms with van der Waals surface area (Å²) in [4.78, 5) is 21.0. The molecular weight excluding hydrogens is 378 g/mol. The first-order valence-corrected chi connectivity index (χ1v) is 10.6. The molecule has 1 atom stereocenters. The van der Waals surface area contributed by atoms with Crippen molar-refractivity contribution in [2.24, 2.45) is 5.92 Å². The number of rotatable bonds is 6. The van der Waals surface area contributed by atoms with Gasteiger partial charge in [0.2, 0.25) is 0 Å². The van der Waals surface area contributed by atoms with E-state index in [-0.39, 0.29) is 6.61 Å². The second kappa shape index (κ2) is 8.15. The summed E-state index contributed by atoms with van der Waals surface area (Å²) in [6, 6.07) is 3.62. The van der Waals surface area contributed by atoms with E-state index in [9.17, 15) is 9.35 Å². The SMILES string of the molecule is CCOC(=O)Nc1cncc(-n2ncc3cc([S+]([O-])CC4CCC4)cnc32)c1. The van der Waals surface area contributed by atoms with E-state index in [1.165, 1.54) is 25.5 Å². The number of aromatic nitrogens is 4. The number of carbonyl (C=O) groups is 1. The molecule has 0 aliphatic heterocycles. The van der Waals surface area contributed by atoms with Crippen LogP contribution in [0.5, 0.6) is 0 Å². The zero-order valence-corrected chi connectivity index (χ0v) is 16.3. The molecule has 1 fully saturated rings. The molecule has 1 aliphatic carbocycles. The quantitative estimate of drug-likeness (QED) is 0.638. The number of carbonyl (C=O) groups excluding carboxylic acids is 1. The molecule has 1 amide bonds. The van der Waals surface area contributed by atoms with Crippen LogP contribution in [0.3, 0.4) is 0 Å². The molecular formula is C19H21N5O3S. The number of nitrogens with zero attached hydrogens (tertiary/aromatic N) is 4. The fraction of sp³-hybridized carbons (Fsp3) is 0.368. The number of amides is 1. The molecule has 4 rings (SSSR count). The Morgan fingerprint density at radius 2 is 2.18 bits per heavy atom. The van der Waals surface area contributed by atoms with Crippen molar-refractivity contribution >= 4 is 34.0 Å². The van der Waals surface area contributed by atoms with Gasteiger partial charge in [0, 0.05) is 17.4 Å². The third kappa shape index (κ3) is 3.95. The molecule has 0 radical (unpaired) electrons. The van der Waals surface area contributed by atoms with E-state index in [1.54, 1.807) is 36.3 Å². The average molecular weight is 399 g/mol. The molecule has 8 nitrogen and oxygen atoms in total. The minimum atomic E-state index is -1.04. The normalized spacial score (nSPS) is 15.2. The van der Waals surface area contributed by atoms with Gasteiger partial charge in [-0.3, -0.25) is 10.3 Å². The number of pyridine rings is 2. The third-order valence-electron chi connectivity index (χ3n) is 4.75. The minimum absolute atomic E-state index is 0.289. The summed E-state index contributed by atoms with van der Waals surface area (Å²) in [5.74, 6) is 1.27. The van der Waals surface area contributed by atoms with Gasteiger partial charge in [-0.2, -0.15) is 5.10 Å². The molecule has 3 aromatic rings. The van der Waals surface area contributed by atoms with E-state index < -0.39 is 17.3 Å². The van der Waals surface area contributed by atoms with Gasteiger partial charge in [-0.15, -0.1) is 0 Å². The van der Waals surface area contributed by atoms with E-state index in [1.807, 2.05) is 6.07 Å². The third-order valence-corrected chi connectivity index (χ3v) is 6.27. The summed E-state index contributed by atoms with van der Waals surface area (Å²) < 4.78 is 19.1. The molecule has 1 N–H and O–H groups in total. The monoisotopic (exact) mass is 399 g/mol. The molecule has 0 aromatic carbocycles. The maximum Gasteiger partial charge on any atom is 0.411 e. The zero-order chi connectivity index (χ0) is 19.5. The molecule has 146 valence electrons. The van der Waals surface area contributed by atoms with Gasteiger partial charge < -0.3 is 9.29 Å². The molecule has 1 saturated carbocycles. The summed E-state index contributed by atoms with van der Waals surface area (Å²) in [7, 11) is 0. The minimum Gasteiger partial charge on any atom is -0.611 e. The van der Waals surface area contributed by atoms with Crippen molar-refractivity contribution in [2.75, 3.05) is 17.7 Å². The van der Waals surface area contributed by atoms with Crippen molar-refractivity contribution in [1.82, 2.24) is 19.7 Å². The highest BCUT2D eigenvalue weighted by atomic mass is 32.2. The van der Waals surface area contributed by atoms with Crippen LogP contribution in [0, 0.1) is 5.92 Å². The molecule has 1 unspecified atom stereocenters. The fourth-order valence-electron chi connectivity index (χ4n) is 3.08. The Kier molecular flexibility index (Phi) is 5.45. The van der Waals surface area contributed by atoms with E-state index in [0.717, 1.165) is 10.3 Å². The highest BCUT2D eigenvalue weighted by Gasteiger charge is 2.25. The number of nitrogens with one attached hydrogen (secondary N) is 1. The van der Waals surface area contributed by atoms with Crippen LogP contribution in [0.4, 0.5) is 10.5 Å². The second-order valence-electron chi connectivity index (χ2n) is 6.73. The lowest BCUT2D eigenvalue weighted by atomic mass is 9.87. The van der Waals surface area contributed by atoms with Gasteiger partial charge in [0.25, 0.3) is 0 Å². The molecule has 9 heteroatoms. The maximum atomic E-state index is 12.6. The molecule has 0 spiro atoms. The van der Waals surface area contributed by atoms with Gasteiger partial charge >= 0.3 is 6.09 Å². The number of anilines is 1. The summed E-state index contributed by atoms with van der Waals surface area (Å²) in [5, 5.41) is 7.81. The smallest absolute Gasteiger partial charge is 0.411 e. The van der Waals surface area contributed by atoms with Crippen LogP contribution in [0.25, 0.3) is 16.7 Å². The summed E-state index contributed by atoms with van der Waals surface area (Å²) in [5.41, 5.74) is 1.79. The van der Waals surface area contributed by atoms with Crippen molar-refractivity contribution in [3.63, 3.8) is 0 Å². The average Bonchev–Trinajstić information content (AvgIpc) is 3.08. The van der Waals surface area contributed by atoms with Crippen molar-refractivity contribution in [3.05, 3.63) is 36.9 Å². The van der Waals surface area contributed by atoms with Gasteiger partial charge in [-0.05, 0) is 37.0 Å². The summed E-state index contributed by atoms with van der Waals surface area (Å²) >= 11 is -1.04. The van der Waals surface area contributed by atoms with Crippen molar-refractivity contribution < 1.29 is 14.1 Å². The first kappa shape index (κ1) is 18.7. The van der Waals surface area contributed by atoms with E-state index in [2.05, 4.69) is 20.4 Å². The van der Waals surface area contributed by atoms with Crippen molar-refractivity contribution in [2.45, 2.75) is 31.1 Å². The van der Waals surface area contributed by atoms with E-state index in [4.69, 9.17) is 4.74 Å². The fourth-order valence-corrected chi connectivity index (χ4v) is 4.46. The largest absolute Gasteiger partial charge is 0.611 e. The highest BCUT2D eigenvalue weighted by molar-refractivity contribution is 7.91. The molecule has 28 heavy (non-hydrogen) atoms. The maximum absolute atomic E-state index is 12.6. The lowest BCUT2D eigenvalue weighted by molar-refractivity contribution is 0.168. The zero-order valence-electron chi connectivity index (χ0n) is 15.5. The number of ether oxygens (including phenoxy) is 1. The number of fused-ring (bicyclic) bond motifs is 1. The Morgan fingerprint density at radius 3 is 2.93 bits per heavy atom. The Balaban J connectivity index is 1.57. The van der Waals surface area contributed by atoms with Crippen LogP contribution in [0.15, 0.2) is 41.8 Å². The summed E-state index contributed by atoms with van der Waals surface area (Å²) in [6.07, 6.45) is 9.55. The standard InChI is InChI=1S/C19H21N5O3S/c1-2-27-19(25)23-15-7-16(10-20-9-15)24-18-14(8-22-24)6-17(11-21-18)28(26)12-13-4-3-5-13/h6-11,13H,2-5,12H2,1H3,(H,23,25). The Morgan fingerprint density at radius 1 is 1.32 bits per heavy atom. The van der Waals surface area contributed by atoms with Gasteiger partial charge in [-0.1, -0.05) is 6.42 Å². The van der Waals surface area contributed by atoms with Crippen LogP contribution in [0.1, 0.15) is 26.2 Å². The number of hydrogen-bond donors (Lipinski definition) is 1. The lowest BCUT2D eigenvalue weighted by Gasteiger charge is -2.25. The van der Waals surface area contributed by atoms with Crippen molar-refractivity contribution in [3.8, 4) is 5.69 Å². The van der Waals surface area contributed by atoms with Crippen LogP contribution >= 0.6 is 0 Å². The molecule has 0 bridgehead atoms.